The van der Waals surface area contributed by atoms with Crippen LogP contribution in [0.3, 0.4) is 0 Å². The Bertz CT molecular complexity index is 2220. The van der Waals surface area contributed by atoms with Crippen LogP contribution < -0.4 is 10.4 Å². The number of hydrogen-bond donors (Lipinski definition) is 0. The molecule has 0 aliphatic heterocycles. The third-order valence-corrected chi connectivity index (χ3v) is 13.1. The van der Waals surface area contributed by atoms with Gasteiger partial charge in [0.25, 0.3) is 0 Å². The molecule has 0 saturated heterocycles. The molecule has 0 bridgehead atoms. The molecule has 2 nitrogen and oxygen atoms in total. The van der Waals surface area contributed by atoms with Crippen LogP contribution in [-0.4, -0.2) is 33.0 Å². The van der Waals surface area contributed by atoms with Crippen LogP contribution >= 0.6 is 24.8 Å². The molecule has 0 aliphatic carbocycles. The Hall–Kier alpha value is -2.97. The van der Waals surface area contributed by atoms with Gasteiger partial charge in [-0.15, -0.1) is 93.1 Å². The van der Waals surface area contributed by atoms with E-state index in [0.29, 0.717) is 0 Å². The zero-order chi connectivity index (χ0) is 34.1. The van der Waals surface area contributed by atoms with Crippen molar-refractivity contribution < 1.29 is 23.3 Å². The van der Waals surface area contributed by atoms with Gasteiger partial charge < -0.3 is 14.9 Å². The predicted molar refractivity (Wildman–Crippen MR) is 240 cm³/mol. The number of pyridine rings is 2. The molecule has 6 aromatic carbocycles. The van der Waals surface area contributed by atoms with Gasteiger partial charge in [0, 0.05) is 23.2 Å². The van der Waals surface area contributed by atoms with Crippen LogP contribution in [0.5, 0.6) is 0 Å². The topological polar surface area (TPSA) is 25.8 Å². The molecule has 2 heterocycles. The second kappa shape index (κ2) is 18.9. The summed E-state index contributed by atoms with van der Waals surface area (Å²) >= 11 is 1.36. The van der Waals surface area contributed by atoms with Crippen LogP contribution in [0, 0.1) is 14.9 Å². The molecule has 0 saturated carbocycles. The summed E-state index contributed by atoms with van der Waals surface area (Å²) in [5.41, 5.74) is 7.06. The second-order valence-electron chi connectivity index (χ2n) is 14.4. The molecule has 0 aliphatic rings. The Balaban J connectivity index is 0.000000320. The van der Waals surface area contributed by atoms with E-state index in [9.17, 15) is 0 Å². The third-order valence-electron chi connectivity index (χ3n) is 9.04. The molecule has 52 heavy (non-hydrogen) atoms. The molecule has 8 heteroatoms. The van der Waals surface area contributed by atoms with E-state index in [1.54, 1.807) is 0 Å². The monoisotopic (exact) mass is 848 g/mol. The summed E-state index contributed by atoms with van der Waals surface area (Å²) in [6.45, 7) is 17.5. The fourth-order valence-corrected chi connectivity index (χ4v) is 8.61. The number of hydrogen-bond acceptors (Lipinski definition) is 2. The van der Waals surface area contributed by atoms with Gasteiger partial charge in [0.1, 0.15) is 0 Å². The standard InChI is InChI=1S/2C21H20NSi.2CH3.2ClH.Si.Zr/c2*1-23(2,3)18-12-15-8-6-9-19(20(15)13-18)17-11-16-7-4-5-10-21(16)22-14-17;;;;;;/h2*4-14H,1-3H3;2*1H3;2*1H;;/q4*-1;;;;. The minimum absolute atomic E-state index is 0. The Kier molecular flexibility index (Phi) is 16.4. The van der Waals surface area contributed by atoms with Gasteiger partial charge in [-0.2, -0.15) is 12.1 Å². The SMILES string of the molecule is C[Si](C)(C)c1cc2c(-c3cnc4ccccc4c3)cccc2[cH-]1.C[Si](C)(C)c1cc2c(-c3cnc4ccccc4c3)cccc2[cH-]1.Cl.Cl.[CH3-].[CH3-].[Si]=[Zr]. The molecule has 0 atom stereocenters. The van der Waals surface area contributed by atoms with Crippen molar-refractivity contribution in [2.45, 2.75) is 39.3 Å². The first-order valence-electron chi connectivity index (χ1n) is 16.4. The summed E-state index contributed by atoms with van der Waals surface area (Å²) in [6, 6.07) is 43.8. The van der Waals surface area contributed by atoms with E-state index < -0.39 is 16.1 Å². The molecule has 268 valence electrons. The average molecular weight is 851 g/mol. The summed E-state index contributed by atoms with van der Waals surface area (Å²) in [5.74, 6) is 0. The molecular formula is C44H48Cl2N2Si3Zr-4. The van der Waals surface area contributed by atoms with Crippen molar-refractivity contribution in [3.8, 4) is 22.3 Å². The van der Waals surface area contributed by atoms with E-state index in [-0.39, 0.29) is 39.7 Å². The first-order chi connectivity index (χ1) is 23.0. The van der Waals surface area contributed by atoms with Crippen molar-refractivity contribution in [1.29, 1.82) is 0 Å². The zero-order valence-electron chi connectivity index (χ0n) is 31.4. The Labute approximate surface area is 342 Å². The molecule has 0 unspecified atom stereocenters. The first-order valence-corrected chi connectivity index (χ1v) is 27.6. The fraction of sp³-hybridized carbons (Fsp3) is 0.136. The van der Waals surface area contributed by atoms with Crippen LogP contribution in [0.25, 0.3) is 65.6 Å². The van der Waals surface area contributed by atoms with Crippen molar-refractivity contribution in [1.82, 2.24) is 9.97 Å². The maximum absolute atomic E-state index is 4.63. The van der Waals surface area contributed by atoms with Gasteiger partial charge in [-0.3, -0.25) is 9.97 Å². The van der Waals surface area contributed by atoms with E-state index in [4.69, 9.17) is 0 Å². The van der Waals surface area contributed by atoms with Crippen molar-refractivity contribution in [3.63, 3.8) is 0 Å². The maximum atomic E-state index is 4.63. The summed E-state index contributed by atoms with van der Waals surface area (Å²) in [7, 11) is -2.60. The quantitative estimate of drug-likeness (QED) is 0.130. The fourth-order valence-electron chi connectivity index (χ4n) is 6.28. The van der Waals surface area contributed by atoms with Crippen molar-refractivity contribution in [2.75, 3.05) is 0 Å². The van der Waals surface area contributed by atoms with Gasteiger partial charge in [0.2, 0.25) is 0 Å². The van der Waals surface area contributed by atoms with Crippen molar-refractivity contribution in [3.05, 3.63) is 149 Å². The molecule has 0 fully saturated rings. The number of fused-ring (bicyclic) bond motifs is 4. The van der Waals surface area contributed by atoms with Crippen LogP contribution in [0.4, 0.5) is 0 Å². The number of nitrogens with zero attached hydrogens (tertiary/aromatic N) is 2. The van der Waals surface area contributed by atoms with Crippen molar-refractivity contribution >= 4 is 102 Å². The van der Waals surface area contributed by atoms with Crippen LogP contribution in [-0.2, 0) is 23.3 Å². The molecular weight excluding hydrogens is 803 g/mol. The summed E-state index contributed by atoms with van der Waals surface area (Å²) in [5, 5.41) is 10.8. The zero-order valence-corrected chi connectivity index (χ0v) is 38.5. The third kappa shape index (κ3) is 9.76. The molecule has 8 rings (SSSR count). The summed E-state index contributed by atoms with van der Waals surface area (Å²) in [6.07, 6.45) is 4.00. The number of halogens is 2. The van der Waals surface area contributed by atoms with E-state index in [1.165, 1.54) is 88.3 Å². The normalized spacial score (nSPS) is 10.8. The number of rotatable bonds is 4. The number of benzene rings is 4. The van der Waals surface area contributed by atoms with Gasteiger partial charge in [0.05, 0.1) is 27.2 Å². The predicted octanol–water partition coefficient (Wildman–Crippen LogP) is 12.0. The second-order valence-corrected chi connectivity index (χ2v) is 24.6. The molecule has 0 amide bonds. The molecule has 8 aromatic rings. The molecule has 0 spiro atoms. The van der Waals surface area contributed by atoms with Gasteiger partial charge in [-0.1, -0.05) is 98.9 Å². The van der Waals surface area contributed by atoms with Crippen LogP contribution in [0.2, 0.25) is 39.3 Å². The van der Waals surface area contributed by atoms with E-state index in [1.807, 2.05) is 24.5 Å². The Morgan fingerprint density at radius 2 is 0.865 bits per heavy atom. The number of para-hydroxylation sites is 2. The Morgan fingerprint density at radius 1 is 0.500 bits per heavy atom. The van der Waals surface area contributed by atoms with E-state index in [2.05, 4.69) is 165 Å². The minimum atomic E-state index is -1.30. The molecule has 2 aromatic heterocycles. The van der Waals surface area contributed by atoms with Gasteiger partial charge in [-0.05, 0) is 35.4 Å². The first kappa shape index (κ1) is 45.2. The van der Waals surface area contributed by atoms with Crippen molar-refractivity contribution in [2.24, 2.45) is 0 Å². The molecule has 2 radical (unpaired) electrons. The summed E-state index contributed by atoms with van der Waals surface area (Å²) < 4.78 is 0. The average Bonchev–Trinajstić information content (AvgIpc) is 3.75. The number of aromatic nitrogens is 2. The Morgan fingerprint density at radius 3 is 1.23 bits per heavy atom. The summed E-state index contributed by atoms with van der Waals surface area (Å²) in [4.78, 5) is 9.26. The van der Waals surface area contributed by atoms with E-state index >= 15 is 0 Å². The van der Waals surface area contributed by atoms with Gasteiger partial charge in [0.15, 0.2) is 0 Å². The van der Waals surface area contributed by atoms with Gasteiger partial charge >= 0.3 is 30.2 Å². The van der Waals surface area contributed by atoms with Crippen LogP contribution in [0.15, 0.2) is 134 Å². The van der Waals surface area contributed by atoms with E-state index in [0.717, 1.165) is 11.0 Å². The van der Waals surface area contributed by atoms with Gasteiger partial charge in [-0.25, -0.2) is 0 Å². The molecule has 0 N–H and O–H groups in total. The van der Waals surface area contributed by atoms with Crippen LogP contribution in [0.1, 0.15) is 0 Å².